The van der Waals surface area contributed by atoms with E-state index in [4.69, 9.17) is 18.9 Å². The third-order valence-corrected chi connectivity index (χ3v) is 14.3. The highest BCUT2D eigenvalue weighted by Gasteiger charge is 2.08. The zero-order valence-electron chi connectivity index (χ0n) is 18.3. The number of ether oxygens (including phenoxy) is 4. The average Bonchev–Trinajstić information content (AvgIpc) is 2.68. The maximum atomic E-state index is 5.61. The predicted octanol–water partition coefficient (Wildman–Crippen LogP) is 5.25. The topological polar surface area (TPSA) is 36.9 Å². The van der Waals surface area contributed by atoms with Gasteiger partial charge in [0.05, 0.1) is 0 Å². The second-order valence-corrected chi connectivity index (χ2v) is 16.4. The molecule has 0 radical (unpaired) electrons. The summed E-state index contributed by atoms with van der Waals surface area (Å²) in [5.74, 6) is 2.53. The van der Waals surface area contributed by atoms with Crippen molar-refractivity contribution in [1.82, 2.24) is 0 Å². The third-order valence-electron chi connectivity index (χ3n) is 3.87. The number of hydrogen-bond acceptors (Lipinski definition) is 8. The lowest BCUT2D eigenvalue weighted by molar-refractivity contribution is -0.123. The molecule has 0 fully saturated rings. The van der Waals surface area contributed by atoms with Gasteiger partial charge >= 0.3 is 0 Å². The van der Waals surface area contributed by atoms with Gasteiger partial charge in [-0.05, 0) is 72.3 Å². The van der Waals surface area contributed by atoms with Crippen LogP contribution < -0.4 is 0 Å². The Hall–Kier alpha value is 1.67. The molecule has 0 atom stereocenters. The van der Waals surface area contributed by atoms with E-state index in [1.54, 1.807) is 0 Å². The maximum Gasteiger partial charge on any atom is 0.154 e. The fraction of sp³-hybridized carbons (Fsp3) is 1.00. The average molecular weight is 507 g/mol. The molecule has 0 aromatic heterocycles. The van der Waals surface area contributed by atoms with E-state index < -0.39 is 0 Å². The largest absolute Gasteiger partial charge is 0.353 e. The summed E-state index contributed by atoms with van der Waals surface area (Å²) in [6.45, 7) is 11.2. The van der Waals surface area contributed by atoms with Crippen LogP contribution in [0.25, 0.3) is 0 Å². The van der Waals surface area contributed by atoms with E-state index in [1.807, 2.05) is 68.9 Å². The zero-order chi connectivity index (χ0) is 20.7. The van der Waals surface area contributed by atoms with Crippen molar-refractivity contribution in [2.24, 2.45) is 0 Å². The normalized spacial score (nSPS) is 12.6. The highest BCUT2D eigenvalue weighted by atomic mass is 33.7. The van der Waals surface area contributed by atoms with E-state index in [0.717, 1.165) is 38.5 Å². The van der Waals surface area contributed by atoms with Crippen LogP contribution >= 0.6 is 41.2 Å². The minimum atomic E-state index is -0.0444. The molecule has 0 rings (SSSR count). The summed E-state index contributed by atoms with van der Waals surface area (Å²) in [6, 6.07) is 5.11. The lowest BCUT2D eigenvalue weighted by Crippen LogP contribution is -2.19. The second kappa shape index (κ2) is 24.9. The predicted molar refractivity (Wildman–Crippen MR) is 140 cm³/mol. The Morgan fingerprint density at radius 2 is 0.964 bits per heavy atom. The molecule has 0 aliphatic carbocycles. The minimum absolute atomic E-state index is 0.0444. The molecule has 0 aromatic carbocycles. The van der Waals surface area contributed by atoms with E-state index in [2.05, 4.69) is 0 Å². The molecular weight excluding hydrogens is 465 g/mol. The molecule has 0 heterocycles. The van der Waals surface area contributed by atoms with Gasteiger partial charge in [0.1, 0.15) is 0 Å². The van der Waals surface area contributed by atoms with E-state index in [-0.39, 0.29) is 31.6 Å². The Balaban J connectivity index is 3.29. The SMILES string of the molecule is CCOC(C[SiH2]CCCSSSSCCC[SiH2]CC(OCC)OCC)OCC. The van der Waals surface area contributed by atoms with Crippen LogP contribution in [-0.2, 0) is 18.9 Å². The van der Waals surface area contributed by atoms with Crippen LogP contribution in [0, 0.1) is 0 Å². The van der Waals surface area contributed by atoms with Crippen molar-refractivity contribution in [2.45, 2.75) is 77.3 Å². The Kier molecular flexibility index (Phi) is 26.4. The lowest BCUT2D eigenvalue weighted by atomic mass is 10.6. The van der Waals surface area contributed by atoms with E-state index in [9.17, 15) is 0 Å². The minimum Gasteiger partial charge on any atom is -0.353 e. The maximum absolute atomic E-state index is 5.61. The molecule has 0 saturated carbocycles. The van der Waals surface area contributed by atoms with Gasteiger partial charge in [0.15, 0.2) is 12.6 Å². The molecule has 0 aromatic rings. The van der Waals surface area contributed by atoms with Gasteiger partial charge in [-0.2, -0.15) is 0 Å². The van der Waals surface area contributed by atoms with Crippen LogP contribution in [0.1, 0.15) is 40.5 Å². The van der Waals surface area contributed by atoms with Crippen LogP contribution in [0.4, 0.5) is 0 Å². The monoisotopic (exact) mass is 506 g/mol. The molecule has 0 unspecified atom stereocenters. The van der Waals surface area contributed by atoms with E-state index in [0.29, 0.717) is 0 Å². The first-order valence-electron chi connectivity index (χ1n) is 10.8. The van der Waals surface area contributed by atoms with Crippen molar-refractivity contribution in [2.75, 3.05) is 37.9 Å². The summed E-state index contributed by atoms with van der Waals surface area (Å²) in [5.41, 5.74) is 0. The molecule has 10 heteroatoms. The van der Waals surface area contributed by atoms with Gasteiger partial charge in [-0.1, -0.05) is 33.7 Å². The van der Waals surface area contributed by atoms with Crippen LogP contribution in [0.2, 0.25) is 24.2 Å². The van der Waals surface area contributed by atoms with Crippen molar-refractivity contribution < 1.29 is 18.9 Å². The molecule has 170 valence electrons. The first kappa shape index (κ1) is 29.7. The highest BCUT2D eigenvalue weighted by molar-refractivity contribution is 9.26. The first-order valence-corrected chi connectivity index (χ1v) is 20.0. The fourth-order valence-corrected chi connectivity index (χ4v) is 12.7. The number of hydrogen-bond donors (Lipinski definition) is 0. The summed E-state index contributed by atoms with van der Waals surface area (Å²) in [6.07, 6.45) is 2.80. The zero-order valence-corrected chi connectivity index (χ0v) is 24.4. The molecule has 0 aliphatic rings. The first-order chi connectivity index (χ1) is 13.8. The molecular formula is C18H42O4S4Si2. The van der Waals surface area contributed by atoms with Gasteiger partial charge in [0.2, 0.25) is 0 Å². The van der Waals surface area contributed by atoms with Gasteiger partial charge in [0, 0.05) is 57.0 Å². The van der Waals surface area contributed by atoms with Crippen LogP contribution in [0.15, 0.2) is 0 Å². The van der Waals surface area contributed by atoms with Gasteiger partial charge in [-0.3, -0.25) is 0 Å². The van der Waals surface area contributed by atoms with Crippen LogP contribution in [-0.4, -0.2) is 69.6 Å². The molecule has 0 amide bonds. The van der Waals surface area contributed by atoms with Crippen molar-refractivity contribution in [3.8, 4) is 0 Å². The quantitative estimate of drug-likeness (QED) is 0.0804. The van der Waals surface area contributed by atoms with Crippen molar-refractivity contribution in [3.05, 3.63) is 0 Å². The summed E-state index contributed by atoms with van der Waals surface area (Å²) in [4.78, 5) is 0. The fourth-order valence-electron chi connectivity index (χ4n) is 2.58. The molecule has 0 aliphatic heterocycles. The molecule has 4 nitrogen and oxygen atoms in total. The van der Waals surface area contributed by atoms with E-state index >= 15 is 0 Å². The number of rotatable bonds is 23. The van der Waals surface area contributed by atoms with Crippen molar-refractivity contribution in [1.29, 1.82) is 0 Å². The summed E-state index contributed by atoms with van der Waals surface area (Å²) >= 11 is 0. The summed E-state index contributed by atoms with van der Waals surface area (Å²) in [5, 5.41) is 0. The van der Waals surface area contributed by atoms with Crippen LogP contribution in [0.3, 0.4) is 0 Å². The molecule has 0 N–H and O–H groups in total. The van der Waals surface area contributed by atoms with Crippen molar-refractivity contribution >= 4 is 60.3 Å². The molecule has 0 spiro atoms. The summed E-state index contributed by atoms with van der Waals surface area (Å²) in [7, 11) is 7.83. The molecule has 28 heavy (non-hydrogen) atoms. The van der Waals surface area contributed by atoms with Gasteiger partial charge < -0.3 is 18.9 Å². The standard InChI is InChI=1S/C18H42O4S4Si2/c1-5-19-17(20-6-2)15-27-13-9-11-23-25-26-24-12-10-14-28-16-18(21-7-3)22-8-4/h17-18H,5-16,27-28H2,1-4H3. The molecule has 0 saturated heterocycles. The Morgan fingerprint density at radius 3 is 1.29 bits per heavy atom. The summed E-state index contributed by atoms with van der Waals surface area (Å²) < 4.78 is 22.4. The van der Waals surface area contributed by atoms with Crippen molar-refractivity contribution in [3.63, 3.8) is 0 Å². The Morgan fingerprint density at radius 1 is 0.607 bits per heavy atom. The smallest absolute Gasteiger partial charge is 0.154 e. The Bertz CT molecular complexity index is 271. The van der Waals surface area contributed by atoms with Gasteiger partial charge in [-0.25, -0.2) is 0 Å². The van der Waals surface area contributed by atoms with Gasteiger partial charge in [0.25, 0.3) is 0 Å². The molecule has 0 bridgehead atoms. The Labute approximate surface area is 193 Å². The lowest BCUT2D eigenvalue weighted by Gasteiger charge is -2.16. The van der Waals surface area contributed by atoms with Crippen LogP contribution in [0.5, 0.6) is 0 Å². The second-order valence-electron chi connectivity index (χ2n) is 6.16. The highest BCUT2D eigenvalue weighted by Crippen LogP contribution is 2.43. The third kappa shape index (κ3) is 20.9. The van der Waals surface area contributed by atoms with E-state index in [1.165, 1.54) is 36.4 Å². The van der Waals surface area contributed by atoms with Gasteiger partial charge in [-0.15, -0.1) is 0 Å².